The van der Waals surface area contributed by atoms with Crippen LogP contribution in [0, 0.1) is 0 Å². The van der Waals surface area contributed by atoms with Crippen molar-refractivity contribution in [3.05, 3.63) is 90.6 Å². The third-order valence-corrected chi connectivity index (χ3v) is 8.00. The number of rotatable bonds is 6. The van der Waals surface area contributed by atoms with Crippen LogP contribution in [-0.4, -0.2) is 41.6 Å². The van der Waals surface area contributed by atoms with Gasteiger partial charge in [0.2, 0.25) is 0 Å². The van der Waals surface area contributed by atoms with E-state index in [2.05, 4.69) is 17.0 Å². The van der Waals surface area contributed by atoms with Gasteiger partial charge in [0, 0.05) is 29.7 Å². The highest BCUT2D eigenvalue weighted by molar-refractivity contribution is 7.90. The standard InChI is InChI=1S/C26H26N2O3S/c29-19-22-10-7-15-27(22)17-20-8-6-9-21(16-20)25-18-28(26-14-5-4-13-24(25)26)32(30,31)23-11-2-1-3-12-23/h1-6,8-9,11-14,16,18,22,29H,7,10,15,17,19H2/t22-/m0/s1. The number of aliphatic hydroxyl groups is 1. The van der Waals surface area contributed by atoms with E-state index in [-0.39, 0.29) is 17.5 Å². The van der Waals surface area contributed by atoms with Crippen molar-refractivity contribution in [2.75, 3.05) is 13.2 Å². The zero-order valence-corrected chi connectivity index (χ0v) is 18.6. The summed E-state index contributed by atoms with van der Waals surface area (Å²) in [6.45, 7) is 1.95. The third kappa shape index (κ3) is 3.75. The molecule has 1 N–H and O–H groups in total. The van der Waals surface area contributed by atoms with E-state index >= 15 is 0 Å². The van der Waals surface area contributed by atoms with Gasteiger partial charge in [-0.05, 0) is 54.8 Å². The van der Waals surface area contributed by atoms with Crippen molar-refractivity contribution < 1.29 is 13.5 Å². The molecule has 1 fully saturated rings. The average Bonchev–Trinajstić information content (AvgIpc) is 3.44. The van der Waals surface area contributed by atoms with Crippen molar-refractivity contribution in [2.24, 2.45) is 0 Å². The second kappa shape index (κ2) is 8.54. The van der Waals surface area contributed by atoms with Crippen LogP contribution in [0.3, 0.4) is 0 Å². The highest BCUT2D eigenvalue weighted by atomic mass is 32.2. The van der Waals surface area contributed by atoms with Crippen LogP contribution in [0.1, 0.15) is 18.4 Å². The number of fused-ring (bicyclic) bond motifs is 1. The first kappa shape index (κ1) is 20.9. The summed E-state index contributed by atoms with van der Waals surface area (Å²) in [4.78, 5) is 2.59. The number of nitrogens with zero attached hydrogens (tertiary/aromatic N) is 2. The summed E-state index contributed by atoms with van der Waals surface area (Å²) >= 11 is 0. The van der Waals surface area contributed by atoms with E-state index in [1.54, 1.807) is 30.5 Å². The summed E-state index contributed by atoms with van der Waals surface area (Å²) < 4.78 is 28.2. The van der Waals surface area contributed by atoms with Crippen molar-refractivity contribution in [1.82, 2.24) is 8.87 Å². The summed E-state index contributed by atoms with van der Waals surface area (Å²) in [5.41, 5.74) is 3.70. The van der Waals surface area contributed by atoms with E-state index in [0.29, 0.717) is 5.52 Å². The molecule has 0 bridgehead atoms. The predicted molar refractivity (Wildman–Crippen MR) is 127 cm³/mol. The van der Waals surface area contributed by atoms with Crippen molar-refractivity contribution in [2.45, 2.75) is 30.3 Å². The molecule has 0 saturated carbocycles. The molecule has 1 aliphatic rings. The second-order valence-electron chi connectivity index (χ2n) is 8.32. The Hall–Kier alpha value is -2.93. The Bertz CT molecular complexity index is 1350. The highest BCUT2D eigenvalue weighted by Gasteiger charge is 2.24. The molecule has 164 valence electrons. The number of aromatic nitrogens is 1. The third-order valence-electron chi connectivity index (χ3n) is 6.31. The lowest BCUT2D eigenvalue weighted by atomic mass is 10.0. The van der Waals surface area contributed by atoms with Crippen molar-refractivity contribution in [3.8, 4) is 11.1 Å². The molecule has 1 aliphatic heterocycles. The van der Waals surface area contributed by atoms with E-state index in [9.17, 15) is 13.5 Å². The average molecular weight is 447 g/mol. The van der Waals surface area contributed by atoms with Crippen LogP contribution in [0.4, 0.5) is 0 Å². The minimum atomic E-state index is -3.71. The van der Waals surface area contributed by atoms with Gasteiger partial charge in [-0.15, -0.1) is 0 Å². The van der Waals surface area contributed by atoms with Crippen molar-refractivity contribution >= 4 is 20.9 Å². The predicted octanol–water partition coefficient (Wildman–Crippen LogP) is 4.50. The van der Waals surface area contributed by atoms with Gasteiger partial charge in [0.05, 0.1) is 17.0 Å². The Labute approximate surface area is 188 Å². The monoisotopic (exact) mass is 446 g/mol. The molecule has 0 radical (unpaired) electrons. The van der Waals surface area contributed by atoms with E-state index in [1.807, 2.05) is 42.5 Å². The molecule has 5 nitrogen and oxygen atoms in total. The normalized spacial score (nSPS) is 17.2. The fourth-order valence-electron chi connectivity index (χ4n) is 4.67. The Balaban J connectivity index is 1.58. The van der Waals surface area contributed by atoms with Gasteiger partial charge in [-0.3, -0.25) is 4.90 Å². The number of para-hydroxylation sites is 1. The van der Waals surface area contributed by atoms with Crippen LogP contribution in [-0.2, 0) is 16.6 Å². The van der Waals surface area contributed by atoms with E-state index < -0.39 is 10.0 Å². The summed E-state index contributed by atoms with van der Waals surface area (Å²) in [7, 11) is -3.71. The highest BCUT2D eigenvalue weighted by Crippen LogP contribution is 2.34. The molecule has 1 aromatic heterocycles. The Morgan fingerprint density at radius 3 is 2.53 bits per heavy atom. The van der Waals surface area contributed by atoms with Crippen LogP contribution in [0.2, 0.25) is 0 Å². The van der Waals surface area contributed by atoms with Crippen LogP contribution in [0.25, 0.3) is 22.0 Å². The van der Waals surface area contributed by atoms with E-state index in [4.69, 9.17) is 0 Å². The first-order valence-corrected chi connectivity index (χ1v) is 12.4. The van der Waals surface area contributed by atoms with Gasteiger partial charge in [-0.1, -0.05) is 54.6 Å². The smallest absolute Gasteiger partial charge is 0.268 e. The largest absolute Gasteiger partial charge is 0.395 e. The summed E-state index contributed by atoms with van der Waals surface area (Å²) in [6.07, 6.45) is 3.87. The zero-order valence-electron chi connectivity index (χ0n) is 17.8. The minimum absolute atomic E-state index is 0.185. The molecule has 2 heterocycles. The van der Waals surface area contributed by atoms with E-state index in [0.717, 1.165) is 48.0 Å². The molecule has 3 aromatic carbocycles. The quantitative estimate of drug-likeness (QED) is 0.474. The number of likely N-dealkylation sites (tertiary alicyclic amines) is 1. The molecule has 5 rings (SSSR count). The second-order valence-corrected chi connectivity index (χ2v) is 10.1. The Kier molecular flexibility index (Phi) is 5.59. The molecule has 0 aliphatic carbocycles. The molecular weight excluding hydrogens is 420 g/mol. The molecule has 1 saturated heterocycles. The lowest BCUT2D eigenvalue weighted by Crippen LogP contribution is -2.31. The van der Waals surface area contributed by atoms with Gasteiger partial charge in [0.15, 0.2) is 0 Å². The fraction of sp³-hybridized carbons (Fsp3) is 0.231. The maximum Gasteiger partial charge on any atom is 0.268 e. The van der Waals surface area contributed by atoms with Gasteiger partial charge in [0.1, 0.15) is 0 Å². The Morgan fingerprint density at radius 2 is 1.72 bits per heavy atom. The molecule has 1 atom stereocenters. The van der Waals surface area contributed by atoms with Crippen LogP contribution in [0.5, 0.6) is 0 Å². The first-order chi connectivity index (χ1) is 15.6. The van der Waals surface area contributed by atoms with Crippen LogP contribution < -0.4 is 0 Å². The summed E-state index contributed by atoms with van der Waals surface area (Å²) in [5.74, 6) is 0. The first-order valence-electron chi connectivity index (χ1n) is 10.9. The van der Waals surface area contributed by atoms with Crippen LogP contribution in [0.15, 0.2) is 90.0 Å². The van der Waals surface area contributed by atoms with Gasteiger partial charge < -0.3 is 5.11 Å². The van der Waals surface area contributed by atoms with Crippen molar-refractivity contribution in [3.63, 3.8) is 0 Å². The molecule has 0 amide bonds. The zero-order chi connectivity index (χ0) is 22.1. The minimum Gasteiger partial charge on any atom is -0.395 e. The van der Waals surface area contributed by atoms with Gasteiger partial charge in [0.25, 0.3) is 10.0 Å². The van der Waals surface area contributed by atoms with Crippen LogP contribution >= 0.6 is 0 Å². The topological polar surface area (TPSA) is 62.5 Å². The number of hydrogen-bond acceptors (Lipinski definition) is 4. The van der Waals surface area contributed by atoms with Crippen molar-refractivity contribution in [1.29, 1.82) is 0 Å². The fourth-order valence-corrected chi connectivity index (χ4v) is 6.06. The maximum atomic E-state index is 13.4. The lowest BCUT2D eigenvalue weighted by molar-refractivity contribution is 0.153. The number of hydrogen-bond donors (Lipinski definition) is 1. The molecule has 32 heavy (non-hydrogen) atoms. The molecule has 6 heteroatoms. The number of aliphatic hydroxyl groups excluding tert-OH is 1. The molecule has 4 aromatic rings. The lowest BCUT2D eigenvalue weighted by Gasteiger charge is -2.22. The SMILES string of the molecule is O=S(=O)(c1ccccc1)n1cc(-c2cccc(CN3CCC[C@H]3CO)c2)c2ccccc21. The summed E-state index contributed by atoms with van der Waals surface area (Å²) in [6, 6.07) is 24.6. The van der Waals surface area contributed by atoms with Gasteiger partial charge >= 0.3 is 0 Å². The summed E-state index contributed by atoms with van der Waals surface area (Å²) in [5, 5.41) is 10.5. The Morgan fingerprint density at radius 1 is 0.938 bits per heavy atom. The number of benzene rings is 3. The molecular formula is C26H26N2O3S. The molecule has 0 spiro atoms. The molecule has 0 unspecified atom stereocenters. The van der Waals surface area contributed by atoms with Gasteiger partial charge in [-0.2, -0.15) is 0 Å². The van der Waals surface area contributed by atoms with Gasteiger partial charge in [-0.25, -0.2) is 12.4 Å². The maximum absolute atomic E-state index is 13.4. The van der Waals surface area contributed by atoms with E-state index in [1.165, 1.54) is 3.97 Å².